The molecular formula is C22H46NO6P. The van der Waals surface area contributed by atoms with Gasteiger partial charge in [-0.15, -0.1) is 0 Å². The van der Waals surface area contributed by atoms with E-state index in [0.717, 1.165) is 6.42 Å². The van der Waals surface area contributed by atoms with Crippen LogP contribution in [0.2, 0.25) is 0 Å². The van der Waals surface area contributed by atoms with E-state index in [2.05, 4.69) is 19.2 Å². The van der Waals surface area contributed by atoms with Crippen LogP contribution in [-0.2, 0) is 27.8 Å². The third-order valence-electron chi connectivity index (χ3n) is 4.05. The molecule has 0 aliphatic heterocycles. The zero-order valence-corrected chi connectivity index (χ0v) is 21.8. The van der Waals surface area contributed by atoms with E-state index in [1.165, 1.54) is 0 Å². The summed E-state index contributed by atoms with van der Waals surface area (Å²) in [5.41, 5.74) is -0.631. The van der Waals surface area contributed by atoms with Crippen molar-refractivity contribution in [2.24, 2.45) is 11.3 Å². The summed E-state index contributed by atoms with van der Waals surface area (Å²) in [5, 5.41) is 2.90. The molecule has 1 atom stereocenters. The summed E-state index contributed by atoms with van der Waals surface area (Å²) in [5.74, 6) is 0.100. The van der Waals surface area contributed by atoms with Crippen molar-refractivity contribution in [1.29, 1.82) is 0 Å². The molecule has 0 saturated carbocycles. The van der Waals surface area contributed by atoms with Crippen LogP contribution in [-0.4, -0.2) is 56.7 Å². The van der Waals surface area contributed by atoms with Gasteiger partial charge in [0.15, 0.2) is 0 Å². The topological polar surface area (TPSA) is 75.3 Å². The van der Waals surface area contributed by atoms with Crippen LogP contribution in [0.5, 0.6) is 0 Å². The van der Waals surface area contributed by atoms with Gasteiger partial charge in [-0.2, -0.15) is 0 Å². The summed E-state index contributed by atoms with van der Waals surface area (Å²) < 4.78 is 29.2. The second kappa shape index (κ2) is 14.7. The van der Waals surface area contributed by atoms with Crippen molar-refractivity contribution in [3.8, 4) is 0 Å². The second-order valence-electron chi connectivity index (χ2n) is 9.67. The van der Waals surface area contributed by atoms with Gasteiger partial charge < -0.3 is 28.4 Å². The molecule has 1 amide bonds. The molecule has 0 spiro atoms. The Morgan fingerprint density at radius 1 is 0.933 bits per heavy atom. The number of carbonyl (C=O) groups is 1. The average Bonchev–Trinajstić information content (AvgIpc) is 2.61. The van der Waals surface area contributed by atoms with Crippen LogP contribution < -0.4 is 5.32 Å². The lowest BCUT2D eigenvalue weighted by Gasteiger charge is -2.30. The lowest BCUT2D eigenvalue weighted by Crippen LogP contribution is -2.37. The third kappa shape index (κ3) is 15.5. The van der Waals surface area contributed by atoms with E-state index in [4.69, 9.17) is 23.0 Å². The highest BCUT2D eigenvalue weighted by Gasteiger charge is 2.26. The van der Waals surface area contributed by atoms with E-state index in [1.807, 2.05) is 55.4 Å². The van der Waals surface area contributed by atoms with Gasteiger partial charge in [0.2, 0.25) is 5.91 Å². The summed E-state index contributed by atoms with van der Waals surface area (Å²) in [7, 11) is -1.38. The zero-order valence-electron chi connectivity index (χ0n) is 20.9. The predicted molar refractivity (Wildman–Crippen MR) is 122 cm³/mol. The van der Waals surface area contributed by atoms with E-state index in [0.29, 0.717) is 33.0 Å². The minimum atomic E-state index is -1.38. The second-order valence-corrected chi connectivity index (χ2v) is 10.8. The molecule has 0 fully saturated rings. The fourth-order valence-corrected chi connectivity index (χ4v) is 3.49. The lowest BCUT2D eigenvalue weighted by molar-refractivity contribution is -0.125. The molecule has 8 heteroatoms. The van der Waals surface area contributed by atoms with Crippen LogP contribution in [0.4, 0.5) is 0 Å². The van der Waals surface area contributed by atoms with Gasteiger partial charge in [0.1, 0.15) is 0 Å². The van der Waals surface area contributed by atoms with Crippen molar-refractivity contribution >= 4 is 14.5 Å². The standard InChI is InChI=1S/C22H46NO6P/c1-11-19(6)20(24)23-12-13-26-22(9,10)16-25-14-21(7,8)15-27-30(28-17(2)3)29-18(4)5/h17-19H,11-16H2,1-10H3,(H,23,24). The Bertz CT molecular complexity index is 461. The van der Waals surface area contributed by atoms with Gasteiger partial charge in [0.05, 0.1) is 44.2 Å². The number of nitrogens with one attached hydrogen (secondary N) is 1. The molecule has 0 heterocycles. The number of hydrogen-bond donors (Lipinski definition) is 1. The SMILES string of the molecule is CCC(C)C(=O)NCCOC(C)(C)COCC(C)(C)COP(OC(C)C)OC(C)C. The number of amides is 1. The Labute approximate surface area is 185 Å². The highest BCUT2D eigenvalue weighted by atomic mass is 31.2. The first-order chi connectivity index (χ1) is 13.8. The fraction of sp³-hybridized carbons (Fsp3) is 0.955. The summed E-state index contributed by atoms with van der Waals surface area (Å²) >= 11 is 0. The molecule has 7 nitrogen and oxygen atoms in total. The molecule has 180 valence electrons. The molecular weight excluding hydrogens is 405 g/mol. The quantitative estimate of drug-likeness (QED) is 0.246. The number of hydrogen-bond acceptors (Lipinski definition) is 6. The molecule has 0 aromatic rings. The van der Waals surface area contributed by atoms with Gasteiger partial charge in [-0.3, -0.25) is 4.79 Å². The monoisotopic (exact) mass is 451 g/mol. The normalized spacial score (nSPS) is 14.0. The molecule has 0 saturated heterocycles. The first-order valence-corrected chi connectivity index (χ1v) is 12.1. The van der Waals surface area contributed by atoms with Crippen LogP contribution in [0.25, 0.3) is 0 Å². The van der Waals surface area contributed by atoms with E-state index >= 15 is 0 Å². The zero-order chi connectivity index (χ0) is 23.4. The first-order valence-electron chi connectivity index (χ1n) is 11.0. The lowest BCUT2D eigenvalue weighted by atomic mass is 9.96. The maximum atomic E-state index is 11.8. The highest BCUT2D eigenvalue weighted by Crippen LogP contribution is 2.43. The predicted octanol–water partition coefficient (Wildman–Crippen LogP) is 5.08. The van der Waals surface area contributed by atoms with Crippen LogP contribution in [0.15, 0.2) is 0 Å². The highest BCUT2D eigenvalue weighted by molar-refractivity contribution is 7.41. The molecule has 0 rings (SSSR count). The summed E-state index contributed by atoms with van der Waals surface area (Å²) in [6.45, 7) is 22.3. The van der Waals surface area contributed by atoms with Gasteiger partial charge in [-0.05, 0) is 48.0 Å². The molecule has 0 aromatic heterocycles. The van der Waals surface area contributed by atoms with Gasteiger partial charge in [0.25, 0.3) is 0 Å². The molecule has 30 heavy (non-hydrogen) atoms. The van der Waals surface area contributed by atoms with Crippen molar-refractivity contribution in [3.05, 3.63) is 0 Å². The minimum absolute atomic E-state index is 0.0312. The Morgan fingerprint density at radius 2 is 1.50 bits per heavy atom. The Balaban J connectivity index is 4.24. The van der Waals surface area contributed by atoms with Crippen molar-refractivity contribution in [2.45, 2.75) is 93.5 Å². The Morgan fingerprint density at radius 3 is 2.00 bits per heavy atom. The summed E-state index contributed by atoms with van der Waals surface area (Å²) in [4.78, 5) is 11.8. The van der Waals surface area contributed by atoms with Crippen LogP contribution in [0.1, 0.15) is 75.7 Å². The summed E-state index contributed by atoms with van der Waals surface area (Å²) in [6.07, 6.45) is 0.921. The van der Waals surface area contributed by atoms with Crippen LogP contribution >= 0.6 is 8.60 Å². The maximum Gasteiger partial charge on any atom is 0.333 e. The minimum Gasteiger partial charge on any atom is -0.378 e. The molecule has 0 aliphatic carbocycles. The smallest absolute Gasteiger partial charge is 0.333 e. The third-order valence-corrected chi connectivity index (χ3v) is 5.58. The molecule has 1 N–H and O–H groups in total. The fourth-order valence-electron chi connectivity index (χ4n) is 2.18. The molecule has 1 unspecified atom stereocenters. The molecule has 0 radical (unpaired) electrons. The van der Waals surface area contributed by atoms with Crippen LogP contribution in [0.3, 0.4) is 0 Å². The van der Waals surface area contributed by atoms with Gasteiger partial charge in [-0.25, -0.2) is 0 Å². The van der Waals surface area contributed by atoms with E-state index in [1.54, 1.807) is 0 Å². The number of rotatable bonds is 17. The number of carbonyl (C=O) groups excluding carboxylic acids is 1. The Kier molecular flexibility index (Phi) is 14.6. The van der Waals surface area contributed by atoms with E-state index < -0.39 is 14.2 Å². The van der Waals surface area contributed by atoms with Crippen molar-refractivity contribution in [2.75, 3.05) is 33.0 Å². The summed E-state index contributed by atoms with van der Waals surface area (Å²) in [6, 6.07) is 0. The Hall–Kier alpha value is -0.300. The maximum absolute atomic E-state index is 11.8. The van der Waals surface area contributed by atoms with Gasteiger partial charge >= 0.3 is 8.60 Å². The average molecular weight is 452 g/mol. The van der Waals surface area contributed by atoms with Gasteiger partial charge in [0, 0.05) is 17.9 Å². The van der Waals surface area contributed by atoms with Crippen molar-refractivity contribution in [3.63, 3.8) is 0 Å². The molecule has 0 aliphatic rings. The van der Waals surface area contributed by atoms with Gasteiger partial charge in [-0.1, -0.05) is 27.7 Å². The van der Waals surface area contributed by atoms with E-state index in [-0.39, 0.29) is 29.4 Å². The molecule has 0 bridgehead atoms. The van der Waals surface area contributed by atoms with Crippen molar-refractivity contribution in [1.82, 2.24) is 5.32 Å². The molecule has 0 aromatic carbocycles. The van der Waals surface area contributed by atoms with Crippen LogP contribution in [0, 0.1) is 11.3 Å². The van der Waals surface area contributed by atoms with E-state index in [9.17, 15) is 4.79 Å². The largest absolute Gasteiger partial charge is 0.378 e. The van der Waals surface area contributed by atoms with Crippen molar-refractivity contribution < 1.29 is 27.8 Å². The first kappa shape index (κ1) is 29.7. The number of ether oxygens (including phenoxy) is 2.